The first kappa shape index (κ1) is 24.1. The smallest absolute Gasteiger partial charge is 0.162 e. The molecule has 3 aromatic rings. The van der Waals surface area contributed by atoms with Crippen LogP contribution in [0.3, 0.4) is 0 Å². The highest BCUT2D eigenvalue weighted by Gasteiger charge is 2.45. The van der Waals surface area contributed by atoms with Gasteiger partial charge in [0.2, 0.25) is 0 Å². The lowest BCUT2D eigenvalue weighted by Crippen LogP contribution is -2.44. The number of hydrazine groups is 1. The highest BCUT2D eigenvalue weighted by atomic mass is 35.5. The zero-order valence-corrected chi connectivity index (χ0v) is 21.1. The molecular formula is C27H22Cl2FN5O. The Hall–Kier alpha value is -3.60. The Morgan fingerprint density at radius 3 is 2.58 bits per heavy atom. The zero-order valence-electron chi connectivity index (χ0n) is 19.6. The number of hydrogen-bond donors (Lipinski definition) is 2. The SMILES string of the molecule is CC1(C)CC(=O)C2=C(C1)N(Nc1ccc(F)cc1)C(N)=C(C#N)C2c1cc2cc(Cl)ccc2nc1Cl. The molecule has 1 aromatic heterocycles. The minimum atomic E-state index is -0.789. The standard InChI is InChI=1S/C27H22Cl2FN5O/c1-27(2)11-21-24(22(36)12-27)23(18-10-14-9-15(28)3-8-20(14)33-25(18)29)19(13-31)26(32)35(21)34-17-6-4-16(30)5-7-17/h3-10,23,34H,11-12,32H2,1-2H3. The van der Waals surface area contributed by atoms with Gasteiger partial charge in [0.05, 0.1) is 34.5 Å². The average molecular weight is 522 g/mol. The number of nitrogens with zero attached hydrogens (tertiary/aromatic N) is 3. The van der Waals surface area contributed by atoms with Crippen molar-refractivity contribution >= 4 is 45.6 Å². The van der Waals surface area contributed by atoms with Gasteiger partial charge in [0, 0.05) is 28.0 Å². The Morgan fingerprint density at radius 2 is 1.89 bits per heavy atom. The highest BCUT2D eigenvalue weighted by Crippen LogP contribution is 2.50. The second-order valence-corrected chi connectivity index (χ2v) is 10.6. The zero-order chi connectivity index (χ0) is 25.8. The van der Waals surface area contributed by atoms with Gasteiger partial charge in [0.1, 0.15) is 16.8 Å². The molecule has 36 heavy (non-hydrogen) atoms. The van der Waals surface area contributed by atoms with E-state index in [2.05, 4.69) is 16.5 Å². The van der Waals surface area contributed by atoms with Gasteiger partial charge in [-0.2, -0.15) is 5.26 Å². The molecule has 0 amide bonds. The molecule has 0 radical (unpaired) electrons. The molecule has 1 atom stereocenters. The second kappa shape index (κ2) is 8.81. The van der Waals surface area contributed by atoms with Crippen molar-refractivity contribution in [2.24, 2.45) is 11.1 Å². The molecule has 1 unspecified atom stereocenters. The number of hydrogen-bond acceptors (Lipinski definition) is 6. The van der Waals surface area contributed by atoms with Crippen LogP contribution in [0, 0.1) is 22.6 Å². The van der Waals surface area contributed by atoms with Gasteiger partial charge in [0.15, 0.2) is 5.78 Å². The summed E-state index contributed by atoms with van der Waals surface area (Å²) in [6.45, 7) is 4.01. The number of halogens is 3. The minimum absolute atomic E-state index is 0.0975. The number of anilines is 1. The maximum absolute atomic E-state index is 13.6. The van der Waals surface area contributed by atoms with Crippen molar-refractivity contribution in [1.29, 1.82) is 5.26 Å². The van der Waals surface area contributed by atoms with Gasteiger partial charge >= 0.3 is 0 Å². The van der Waals surface area contributed by atoms with E-state index in [4.69, 9.17) is 28.9 Å². The van der Waals surface area contributed by atoms with E-state index in [-0.39, 0.29) is 33.6 Å². The van der Waals surface area contributed by atoms with E-state index in [1.807, 2.05) is 19.9 Å². The summed E-state index contributed by atoms with van der Waals surface area (Å²) < 4.78 is 13.5. The summed E-state index contributed by atoms with van der Waals surface area (Å²) in [5, 5.41) is 13.2. The average Bonchev–Trinajstić information content (AvgIpc) is 2.81. The summed E-state index contributed by atoms with van der Waals surface area (Å²) in [5.41, 5.74) is 12.4. The van der Waals surface area contributed by atoms with Crippen LogP contribution in [0.4, 0.5) is 10.1 Å². The van der Waals surface area contributed by atoms with Gasteiger partial charge in [-0.3, -0.25) is 10.2 Å². The summed E-state index contributed by atoms with van der Waals surface area (Å²) in [4.78, 5) is 18.2. The summed E-state index contributed by atoms with van der Waals surface area (Å²) in [5.74, 6) is -1.13. The molecular weight excluding hydrogens is 500 g/mol. The van der Waals surface area contributed by atoms with Crippen molar-refractivity contribution in [2.75, 3.05) is 5.43 Å². The van der Waals surface area contributed by atoms with E-state index in [1.54, 1.807) is 35.3 Å². The molecule has 182 valence electrons. The number of Topliss-reactive ketones (excluding diaryl/α,β-unsaturated/α-hetero) is 1. The monoisotopic (exact) mass is 521 g/mol. The molecule has 9 heteroatoms. The molecule has 2 heterocycles. The lowest BCUT2D eigenvalue weighted by molar-refractivity contribution is -0.118. The maximum Gasteiger partial charge on any atom is 0.162 e. The van der Waals surface area contributed by atoms with Crippen molar-refractivity contribution in [2.45, 2.75) is 32.6 Å². The van der Waals surface area contributed by atoms with Crippen LogP contribution in [-0.4, -0.2) is 15.8 Å². The van der Waals surface area contributed by atoms with Gasteiger partial charge in [-0.1, -0.05) is 37.0 Å². The lowest BCUT2D eigenvalue weighted by atomic mass is 9.69. The maximum atomic E-state index is 13.6. The Labute approximate surface area is 217 Å². The Morgan fingerprint density at radius 1 is 1.17 bits per heavy atom. The van der Waals surface area contributed by atoms with Crippen molar-refractivity contribution in [3.8, 4) is 6.07 Å². The van der Waals surface area contributed by atoms with Crippen LogP contribution >= 0.6 is 23.2 Å². The van der Waals surface area contributed by atoms with E-state index in [9.17, 15) is 14.4 Å². The molecule has 3 N–H and O–H groups in total. The van der Waals surface area contributed by atoms with Gasteiger partial charge in [-0.05, 0) is 60.4 Å². The molecule has 2 aliphatic rings. The third-order valence-corrected chi connectivity index (χ3v) is 7.07. The first-order chi connectivity index (χ1) is 17.1. The fraction of sp³-hybridized carbons (Fsp3) is 0.222. The van der Waals surface area contributed by atoms with E-state index in [0.717, 1.165) is 5.39 Å². The normalized spacial score (nSPS) is 19.4. The molecule has 1 aliphatic carbocycles. The van der Waals surface area contributed by atoms with Crippen LogP contribution in [0.2, 0.25) is 10.2 Å². The summed E-state index contributed by atoms with van der Waals surface area (Å²) in [7, 11) is 0. The predicted octanol–water partition coefficient (Wildman–Crippen LogP) is 6.44. The number of aromatic nitrogens is 1. The van der Waals surface area contributed by atoms with E-state index in [1.165, 1.54) is 12.1 Å². The van der Waals surface area contributed by atoms with Crippen LogP contribution in [0.5, 0.6) is 0 Å². The largest absolute Gasteiger partial charge is 0.383 e. The van der Waals surface area contributed by atoms with E-state index >= 15 is 0 Å². The van der Waals surface area contributed by atoms with E-state index in [0.29, 0.717) is 45.9 Å². The van der Waals surface area contributed by atoms with Gasteiger partial charge in [-0.15, -0.1) is 0 Å². The number of carbonyl (C=O) groups is 1. The number of benzene rings is 2. The number of carbonyl (C=O) groups excluding carboxylic acids is 1. The van der Waals surface area contributed by atoms with Crippen molar-refractivity contribution < 1.29 is 9.18 Å². The third-order valence-electron chi connectivity index (χ3n) is 6.53. The predicted molar refractivity (Wildman–Crippen MR) is 138 cm³/mol. The number of ketones is 1. The Balaban J connectivity index is 1.73. The number of rotatable bonds is 3. The van der Waals surface area contributed by atoms with Crippen LogP contribution in [0.15, 0.2) is 71.2 Å². The molecule has 0 saturated heterocycles. The minimum Gasteiger partial charge on any atom is -0.383 e. The van der Waals surface area contributed by atoms with Crippen LogP contribution in [-0.2, 0) is 4.79 Å². The van der Waals surface area contributed by atoms with Crippen LogP contribution in [0.1, 0.15) is 38.2 Å². The highest BCUT2D eigenvalue weighted by molar-refractivity contribution is 6.32. The number of nitrogens with two attached hydrogens (primary N) is 1. The molecule has 0 bridgehead atoms. The molecule has 0 spiro atoms. The Bertz CT molecular complexity index is 1520. The molecule has 1 aliphatic heterocycles. The second-order valence-electron chi connectivity index (χ2n) is 9.80. The number of pyridine rings is 1. The van der Waals surface area contributed by atoms with Crippen LogP contribution in [0.25, 0.3) is 10.9 Å². The van der Waals surface area contributed by atoms with Gasteiger partial charge in [-0.25, -0.2) is 14.4 Å². The molecule has 5 rings (SSSR count). The molecule has 0 saturated carbocycles. The summed E-state index contributed by atoms with van der Waals surface area (Å²) >= 11 is 12.8. The number of nitriles is 1. The summed E-state index contributed by atoms with van der Waals surface area (Å²) in [6, 6.07) is 15.0. The van der Waals surface area contributed by atoms with Crippen molar-refractivity contribution in [3.63, 3.8) is 0 Å². The first-order valence-corrected chi connectivity index (χ1v) is 12.1. The van der Waals surface area contributed by atoms with Crippen molar-refractivity contribution in [1.82, 2.24) is 9.99 Å². The lowest BCUT2D eigenvalue weighted by Gasteiger charge is -2.43. The fourth-order valence-corrected chi connectivity index (χ4v) is 5.38. The topological polar surface area (TPSA) is 95.0 Å². The Kier molecular flexibility index (Phi) is 5.90. The fourth-order valence-electron chi connectivity index (χ4n) is 4.94. The molecule has 6 nitrogen and oxygen atoms in total. The van der Waals surface area contributed by atoms with E-state index < -0.39 is 5.92 Å². The van der Waals surface area contributed by atoms with Crippen molar-refractivity contribution in [3.05, 3.63) is 92.8 Å². The third kappa shape index (κ3) is 4.17. The first-order valence-electron chi connectivity index (χ1n) is 11.3. The number of fused-ring (bicyclic) bond motifs is 1. The molecule has 0 fully saturated rings. The van der Waals surface area contributed by atoms with Crippen LogP contribution < -0.4 is 11.2 Å². The molecule has 2 aromatic carbocycles. The number of nitrogens with one attached hydrogen (secondary N) is 1. The number of allylic oxidation sites excluding steroid dienone is 3. The summed E-state index contributed by atoms with van der Waals surface area (Å²) in [6.07, 6.45) is 0.818. The van der Waals surface area contributed by atoms with Gasteiger partial charge in [0.25, 0.3) is 0 Å². The van der Waals surface area contributed by atoms with Gasteiger partial charge < -0.3 is 5.73 Å². The quantitative estimate of drug-likeness (QED) is 0.384.